The van der Waals surface area contributed by atoms with Crippen molar-refractivity contribution in [1.82, 2.24) is 0 Å². The van der Waals surface area contributed by atoms with Crippen LogP contribution in [0.3, 0.4) is 0 Å². The molecule has 0 radical (unpaired) electrons. The Hall–Kier alpha value is -1.38. The van der Waals surface area contributed by atoms with Gasteiger partial charge in [0, 0.05) is 20.9 Å². The van der Waals surface area contributed by atoms with E-state index < -0.39 is 0 Å². The van der Waals surface area contributed by atoms with E-state index in [2.05, 4.69) is 47.2 Å². The lowest BCUT2D eigenvalue weighted by molar-refractivity contribution is 1.83. The number of rotatable bonds is 0. The second-order valence-electron chi connectivity index (χ2n) is 3.90. The predicted molar refractivity (Wildman–Crippen MR) is 73.5 cm³/mol. The fraction of sp³-hybridized carbons (Fsp3) is 0. The average Bonchev–Trinajstić information content (AvgIpc) is 2.97. The normalized spacial score (nSPS) is 20.5. The number of thiophene rings is 2. The van der Waals surface area contributed by atoms with Crippen molar-refractivity contribution in [3.63, 3.8) is 0 Å². The summed E-state index contributed by atoms with van der Waals surface area (Å²) in [5.41, 5.74) is 5.52. The molecule has 76 valence electrons. The molecule has 0 aliphatic heterocycles. The Morgan fingerprint density at radius 2 is 1.12 bits per heavy atom. The van der Waals surface area contributed by atoms with Crippen LogP contribution in [0, 0.1) is 0 Å². The molecule has 0 fully saturated rings. The van der Waals surface area contributed by atoms with Gasteiger partial charge in [-0.25, -0.2) is 0 Å². The van der Waals surface area contributed by atoms with Crippen LogP contribution in [0.15, 0.2) is 35.0 Å². The molecule has 2 aliphatic carbocycles. The van der Waals surface area contributed by atoms with Gasteiger partial charge in [0.2, 0.25) is 0 Å². The first kappa shape index (κ1) is 8.74. The summed E-state index contributed by atoms with van der Waals surface area (Å²) >= 11 is 3.67. The van der Waals surface area contributed by atoms with Gasteiger partial charge in [-0.1, -0.05) is 24.3 Å². The van der Waals surface area contributed by atoms with Crippen LogP contribution >= 0.6 is 22.7 Å². The van der Waals surface area contributed by atoms with Gasteiger partial charge < -0.3 is 0 Å². The fourth-order valence-electron chi connectivity index (χ4n) is 2.26. The maximum atomic E-state index is 2.25. The molecule has 2 aromatic heterocycles. The third-order valence-corrected chi connectivity index (χ3v) is 4.96. The zero-order chi connectivity index (χ0) is 10.5. The van der Waals surface area contributed by atoms with E-state index in [4.69, 9.17) is 0 Å². The second-order valence-corrected chi connectivity index (χ2v) is 5.74. The van der Waals surface area contributed by atoms with Crippen LogP contribution in [0.4, 0.5) is 0 Å². The van der Waals surface area contributed by atoms with Gasteiger partial charge in [-0.05, 0) is 34.0 Å². The van der Waals surface area contributed by atoms with Crippen molar-refractivity contribution in [2.75, 3.05) is 0 Å². The van der Waals surface area contributed by atoms with Gasteiger partial charge in [-0.15, -0.1) is 22.7 Å². The third kappa shape index (κ3) is 1.03. The average molecular weight is 240 g/mol. The SMILES string of the molecule is C1=Cc2ccsc2/C1=C1/C=Cc2ccsc21. The minimum Gasteiger partial charge on any atom is -0.143 e. The Kier molecular flexibility index (Phi) is 1.67. The Labute approximate surface area is 102 Å². The number of allylic oxidation sites excluding steroid dienone is 4. The van der Waals surface area contributed by atoms with Crippen molar-refractivity contribution in [1.29, 1.82) is 0 Å². The van der Waals surface area contributed by atoms with Gasteiger partial charge in [-0.2, -0.15) is 0 Å². The smallest absolute Gasteiger partial charge is 0.0421 e. The first-order chi connectivity index (χ1) is 7.93. The molecular formula is C14H8S2. The third-order valence-electron chi connectivity index (χ3n) is 3.03. The van der Waals surface area contributed by atoms with E-state index in [1.54, 1.807) is 0 Å². The molecule has 2 heteroatoms. The van der Waals surface area contributed by atoms with E-state index in [-0.39, 0.29) is 0 Å². The van der Waals surface area contributed by atoms with E-state index in [0.717, 1.165) is 0 Å². The molecule has 0 saturated heterocycles. The van der Waals surface area contributed by atoms with Crippen LogP contribution < -0.4 is 0 Å². The van der Waals surface area contributed by atoms with Gasteiger partial charge in [-0.3, -0.25) is 0 Å². The Morgan fingerprint density at radius 3 is 1.62 bits per heavy atom. The molecule has 0 N–H and O–H groups in total. The lowest BCUT2D eigenvalue weighted by atomic mass is 10.1. The summed E-state index contributed by atoms with van der Waals surface area (Å²) < 4.78 is 0. The molecular weight excluding hydrogens is 232 g/mol. The lowest BCUT2D eigenvalue weighted by Gasteiger charge is -2.01. The highest BCUT2D eigenvalue weighted by Crippen LogP contribution is 2.43. The van der Waals surface area contributed by atoms with Crippen molar-refractivity contribution in [3.8, 4) is 0 Å². The van der Waals surface area contributed by atoms with Crippen LogP contribution in [0.1, 0.15) is 20.9 Å². The van der Waals surface area contributed by atoms with E-state index in [9.17, 15) is 0 Å². The maximum Gasteiger partial charge on any atom is 0.0421 e. The Balaban J connectivity index is 2.02. The molecule has 2 aliphatic rings. The molecule has 0 spiro atoms. The standard InChI is InChI=1S/C14H8S2/c1-3-11(13-9(1)5-7-15-13)12-4-2-10-6-8-16-14(10)12/h1-8H/b12-11-. The van der Waals surface area contributed by atoms with E-state index in [1.165, 1.54) is 32.0 Å². The predicted octanol–water partition coefficient (Wildman–Crippen LogP) is 4.77. The number of hydrogen-bond donors (Lipinski definition) is 0. The molecule has 0 aromatic carbocycles. The highest BCUT2D eigenvalue weighted by atomic mass is 32.1. The molecule has 4 rings (SSSR count). The van der Waals surface area contributed by atoms with Crippen LogP contribution in [0.2, 0.25) is 0 Å². The van der Waals surface area contributed by atoms with Gasteiger partial charge in [0.25, 0.3) is 0 Å². The summed E-state index contributed by atoms with van der Waals surface area (Å²) in [6, 6.07) is 4.39. The minimum atomic E-state index is 1.37. The van der Waals surface area contributed by atoms with E-state index in [0.29, 0.717) is 0 Å². The Bertz CT molecular complexity index is 604. The molecule has 0 amide bonds. The molecule has 0 saturated carbocycles. The van der Waals surface area contributed by atoms with E-state index >= 15 is 0 Å². The number of fused-ring (bicyclic) bond motifs is 2. The van der Waals surface area contributed by atoms with Crippen molar-refractivity contribution in [3.05, 3.63) is 55.9 Å². The summed E-state index contributed by atoms with van der Waals surface area (Å²) in [6.07, 6.45) is 8.92. The van der Waals surface area contributed by atoms with Crippen LogP contribution in [-0.4, -0.2) is 0 Å². The monoisotopic (exact) mass is 240 g/mol. The van der Waals surface area contributed by atoms with Crippen molar-refractivity contribution in [2.24, 2.45) is 0 Å². The van der Waals surface area contributed by atoms with Crippen molar-refractivity contribution in [2.45, 2.75) is 0 Å². The molecule has 2 aromatic rings. The van der Waals surface area contributed by atoms with Crippen LogP contribution in [0.5, 0.6) is 0 Å². The summed E-state index contributed by atoms with van der Waals surface area (Å²) in [5.74, 6) is 0. The summed E-state index contributed by atoms with van der Waals surface area (Å²) in [6.45, 7) is 0. The Morgan fingerprint density at radius 1 is 0.625 bits per heavy atom. The zero-order valence-electron chi connectivity index (χ0n) is 8.44. The van der Waals surface area contributed by atoms with Crippen molar-refractivity contribution >= 4 is 46.0 Å². The quantitative estimate of drug-likeness (QED) is 0.622. The summed E-state index contributed by atoms with van der Waals surface area (Å²) in [7, 11) is 0. The maximum absolute atomic E-state index is 2.25. The van der Waals surface area contributed by atoms with Gasteiger partial charge in [0.1, 0.15) is 0 Å². The second kappa shape index (κ2) is 3.06. The largest absolute Gasteiger partial charge is 0.143 e. The highest BCUT2D eigenvalue weighted by Gasteiger charge is 2.20. The molecule has 0 atom stereocenters. The molecule has 0 bridgehead atoms. The molecule has 2 heterocycles. The first-order valence-electron chi connectivity index (χ1n) is 5.20. The van der Waals surface area contributed by atoms with Gasteiger partial charge >= 0.3 is 0 Å². The highest BCUT2D eigenvalue weighted by molar-refractivity contribution is 7.12. The van der Waals surface area contributed by atoms with Crippen LogP contribution in [0.25, 0.3) is 23.3 Å². The van der Waals surface area contributed by atoms with Crippen molar-refractivity contribution < 1.29 is 0 Å². The zero-order valence-corrected chi connectivity index (χ0v) is 10.1. The molecule has 0 unspecified atom stereocenters. The summed E-state index contributed by atoms with van der Waals surface area (Å²) in [5, 5.41) is 4.34. The lowest BCUT2D eigenvalue weighted by Crippen LogP contribution is -1.78. The van der Waals surface area contributed by atoms with E-state index in [1.807, 2.05) is 22.7 Å². The topological polar surface area (TPSA) is 0 Å². The van der Waals surface area contributed by atoms with Gasteiger partial charge in [0.05, 0.1) is 0 Å². The number of hydrogen-bond acceptors (Lipinski definition) is 2. The minimum absolute atomic E-state index is 1.37. The fourth-order valence-corrected chi connectivity index (χ4v) is 4.12. The van der Waals surface area contributed by atoms with Crippen LogP contribution in [-0.2, 0) is 0 Å². The molecule has 16 heavy (non-hydrogen) atoms. The van der Waals surface area contributed by atoms with Gasteiger partial charge in [0.15, 0.2) is 0 Å². The summed E-state index contributed by atoms with van der Waals surface area (Å²) in [4.78, 5) is 2.84. The molecule has 0 nitrogen and oxygen atoms in total. The first-order valence-corrected chi connectivity index (χ1v) is 6.95.